The van der Waals surface area contributed by atoms with Gasteiger partial charge in [0.2, 0.25) is 5.91 Å². The Hall–Kier alpha value is -3.13. The molecule has 5 nitrogen and oxygen atoms in total. The monoisotopic (exact) mass is 428 g/mol. The lowest BCUT2D eigenvalue weighted by Gasteiger charge is -2.39. The number of carbonyl (C=O) groups excluding carboxylic acids is 1. The average molecular weight is 428 g/mol. The van der Waals surface area contributed by atoms with Crippen molar-refractivity contribution in [2.45, 2.75) is 18.8 Å². The van der Waals surface area contributed by atoms with Gasteiger partial charge in [-0.15, -0.1) is 0 Å². The molecule has 0 N–H and O–H groups in total. The zero-order valence-corrected chi connectivity index (χ0v) is 16.9. The highest BCUT2D eigenvalue weighted by atomic mass is 19.4. The number of nitrogens with zero attached hydrogens (tertiary/aromatic N) is 4. The first kappa shape index (κ1) is 21.1. The molecule has 1 amide bonds. The van der Waals surface area contributed by atoms with Gasteiger partial charge in [-0.2, -0.15) is 18.3 Å². The fraction of sp³-hybridized carbons (Fsp3) is 0.304. The van der Waals surface area contributed by atoms with Crippen LogP contribution in [0.2, 0.25) is 0 Å². The van der Waals surface area contributed by atoms with Gasteiger partial charge in [-0.3, -0.25) is 14.4 Å². The number of alkyl halides is 3. The standard InChI is InChI=1S/C23H23F3N4O/c24-23(25,26)20-11-12-30(27-20)17-21(31)28-13-15-29(16-14-28)22(18-7-3-1-4-8-18)19-9-5-2-6-10-19/h1-12,22H,13-17H2. The molecule has 0 atom stereocenters. The van der Waals surface area contributed by atoms with E-state index in [4.69, 9.17) is 0 Å². The van der Waals surface area contributed by atoms with Gasteiger partial charge in [-0.25, -0.2) is 0 Å². The molecule has 8 heteroatoms. The molecule has 1 aliphatic rings. The van der Waals surface area contributed by atoms with Gasteiger partial charge in [0.15, 0.2) is 5.69 Å². The zero-order chi connectivity index (χ0) is 21.8. The third kappa shape index (κ3) is 4.96. The number of amides is 1. The van der Waals surface area contributed by atoms with Crippen LogP contribution >= 0.6 is 0 Å². The van der Waals surface area contributed by atoms with Gasteiger partial charge in [-0.1, -0.05) is 60.7 Å². The van der Waals surface area contributed by atoms with Crippen molar-refractivity contribution in [1.82, 2.24) is 19.6 Å². The Kier molecular flexibility index (Phi) is 6.08. The molecule has 0 unspecified atom stereocenters. The number of piperazine rings is 1. The van der Waals surface area contributed by atoms with Crippen LogP contribution in [0, 0.1) is 0 Å². The van der Waals surface area contributed by atoms with Gasteiger partial charge in [0.25, 0.3) is 0 Å². The second-order valence-electron chi connectivity index (χ2n) is 7.54. The van der Waals surface area contributed by atoms with E-state index >= 15 is 0 Å². The average Bonchev–Trinajstić information content (AvgIpc) is 3.25. The SMILES string of the molecule is O=C(Cn1ccc(C(F)(F)F)n1)N1CCN(C(c2ccccc2)c2ccccc2)CC1. The minimum absolute atomic E-state index is 0.0834. The molecule has 3 aromatic rings. The third-order valence-electron chi connectivity index (χ3n) is 5.49. The first-order valence-corrected chi connectivity index (χ1v) is 10.1. The highest BCUT2D eigenvalue weighted by Crippen LogP contribution is 2.30. The first-order valence-electron chi connectivity index (χ1n) is 10.1. The van der Waals surface area contributed by atoms with Crippen molar-refractivity contribution < 1.29 is 18.0 Å². The van der Waals surface area contributed by atoms with Crippen LogP contribution in [0.3, 0.4) is 0 Å². The van der Waals surface area contributed by atoms with E-state index in [0.29, 0.717) is 26.2 Å². The molecule has 4 rings (SSSR count). The van der Waals surface area contributed by atoms with Gasteiger partial charge in [0.1, 0.15) is 6.54 Å². The molecule has 2 heterocycles. The number of hydrogen-bond donors (Lipinski definition) is 0. The Bertz CT molecular complexity index is 957. The quantitative estimate of drug-likeness (QED) is 0.620. The molecule has 31 heavy (non-hydrogen) atoms. The number of benzene rings is 2. The minimum atomic E-state index is -4.51. The highest BCUT2D eigenvalue weighted by molar-refractivity contribution is 5.76. The Morgan fingerprint density at radius 2 is 1.42 bits per heavy atom. The van der Waals surface area contributed by atoms with Gasteiger partial charge in [0, 0.05) is 32.4 Å². The lowest BCUT2D eigenvalue weighted by atomic mass is 9.96. The van der Waals surface area contributed by atoms with Gasteiger partial charge >= 0.3 is 6.18 Å². The maximum absolute atomic E-state index is 12.7. The van der Waals surface area contributed by atoms with Crippen LogP contribution in [-0.2, 0) is 17.5 Å². The molecule has 162 valence electrons. The predicted molar refractivity (Wildman–Crippen MR) is 110 cm³/mol. The molecule has 0 bridgehead atoms. The maximum Gasteiger partial charge on any atom is 0.435 e. The minimum Gasteiger partial charge on any atom is -0.339 e. The predicted octanol–water partition coefficient (Wildman–Crippen LogP) is 3.84. The Labute approximate surface area is 178 Å². The van der Waals surface area contributed by atoms with Crippen LogP contribution in [0.1, 0.15) is 22.9 Å². The molecule has 2 aromatic carbocycles. The number of halogens is 3. The first-order chi connectivity index (χ1) is 14.9. The Morgan fingerprint density at radius 1 is 0.871 bits per heavy atom. The lowest BCUT2D eigenvalue weighted by Crippen LogP contribution is -2.50. The van der Waals surface area contributed by atoms with Crippen molar-refractivity contribution in [2.24, 2.45) is 0 Å². The van der Waals surface area contributed by atoms with Crippen LogP contribution in [0.4, 0.5) is 13.2 Å². The van der Waals surface area contributed by atoms with Crippen LogP contribution in [0.5, 0.6) is 0 Å². The molecule has 1 saturated heterocycles. The summed E-state index contributed by atoms with van der Waals surface area (Å²) in [4.78, 5) is 16.6. The van der Waals surface area contributed by atoms with Crippen molar-refractivity contribution in [2.75, 3.05) is 26.2 Å². The van der Waals surface area contributed by atoms with E-state index in [1.807, 2.05) is 36.4 Å². The molecule has 0 spiro atoms. The Morgan fingerprint density at radius 3 is 1.90 bits per heavy atom. The molecule has 0 radical (unpaired) electrons. The summed E-state index contributed by atoms with van der Waals surface area (Å²) in [7, 11) is 0. The van der Waals surface area contributed by atoms with E-state index in [2.05, 4.69) is 34.3 Å². The van der Waals surface area contributed by atoms with E-state index in [1.54, 1.807) is 4.90 Å². The summed E-state index contributed by atoms with van der Waals surface area (Å²) in [6, 6.07) is 21.4. The van der Waals surface area contributed by atoms with Gasteiger partial charge < -0.3 is 4.90 Å². The number of carbonyl (C=O) groups is 1. The second-order valence-corrected chi connectivity index (χ2v) is 7.54. The molecular formula is C23H23F3N4O. The van der Waals surface area contributed by atoms with E-state index in [0.717, 1.165) is 10.7 Å². The number of aromatic nitrogens is 2. The van der Waals surface area contributed by atoms with Crippen LogP contribution in [0.15, 0.2) is 72.9 Å². The van der Waals surface area contributed by atoms with Crippen molar-refractivity contribution in [3.05, 3.63) is 89.7 Å². The summed E-state index contributed by atoms with van der Waals surface area (Å²) in [5.41, 5.74) is 1.38. The van der Waals surface area contributed by atoms with Gasteiger partial charge in [0.05, 0.1) is 6.04 Å². The van der Waals surface area contributed by atoms with Crippen LogP contribution < -0.4 is 0 Å². The molecule has 0 aliphatic carbocycles. The molecule has 1 aromatic heterocycles. The fourth-order valence-electron chi connectivity index (χ4n) is 3.95. The van der Waals surface area contributed by atoms with Crippen molar-refractivity contribution in [1.29, 1.82) is 0 Å². The largest absolute Gasteiger partial charge is 0.435 e. The summed E-state index contributed by atoms with van der Waals surface area (Å²) in [5, 5.41) is 3.47. The lowest BCUT2D eigenvalue weighted by molar-refractivity contribution is -0.142. The summed E-state index contributed by atoms with van der Waals surface area (Å²) >= 11 is 0. The van der Waals surface area contributed by atoms with Crippen LogP contribution in [-0.4, -0.2) is 51.7 Å². The van der Waals surface area contributed by atoms with E-state index in [1.165, 1.54) is 17.3 Å². The summed E-state index contributed by atoms with van der Waals surface area (Å²) in [6.07, 6.45) is -3.32. The third-order valence-corrected chi connectivity index (χ3v) is 5.49. The van der Waals surface area contributed by atoms with Crippen LogP contribution in [0.25, 0.3) is 0 Å². The van der Waals surface area contributed by atoms with Crippen molar-refractivity contribution in [3.8, 4) is 0 Å². The number of rotatable bonds is 5. The van der Waals surface area contributed by atoms with Crippen molar-refractivity contribution in [3.63, 3.8) is 0 Å². The van der Waals surface area contributed by atoms with E-state index < -0.39 is 11.9 Å². The number of hydrogen-bond acceptors (Lipinski definition) is 3. The highest BCUT2D eigenvalue weighted by Gasteiger charge is 2.34. The van der Waals surface area contributed by atoms with E-state index in [-0.39, 0.29) is 18.5 Å². The topological polar surface area (TPSA) is 41.4 Å². The maximum atomic E-state index is 12.7. The fourth-order valence-corrected chi connectivity index (χ4v) is 3.95. The van der Waals surface area contributed by atoms with Crippen molar-refractivity contribution >= 4 is 5.91 Å². The summed E-state index contributed by atoms with van der Waals surface area (Å²) in [5.74, 6) is -0.229. The Balaban J connectivity index is 1.42. The normalized spacial score (nSPS) is 15.4. The smallest absolute Gasteiger partial charge is 0.339 e. The van der Waals surface area contributed by atoms with Gasteiger partial charge in [-0.05, 0) is 17.2 Å². The summed E-state index contributed by atoms with van der Waals surface area (Å²) in [6.45, 7) is 2.18. The molecule has 1 fully saturated rings. The molecule has 1 aliphatic heterocycles. The zero-order valence-electron chi connectivity index (χ0n) is 16.9. The molecule has 0 saturated carbocycles. The van der Waals surface area contributed by atoms with E-state index in [9.17, 15) is 18.0 Å². The molecular weight excluding hydrogens is 405 g/mol. The summed E-state index contributed by atoms with van der Waals surface area (Å²) < 4.78 is 39.2. The second kappa shape index (κ2) is 8.93.